The summed E-state index contributed by atoms with van der Waals surface area (Å²) in [5.41, 5.74) is 12.6. The molecule has 0 unspecified atom stereocenters. The summed E-state index contributed by atoms with van der Waals surface area (Å²) in [6.07, 6.45) is 0. The number of para-hydroxylation sites is 5. The molecule has 0 spiro atoms. The van der Waals surface area contributed by atoms with Crippen LogP contribution in [0.1, 0.15) is 0 Å². The fraction of sp³-hybridized carbons (Fsp3) is 0. The maximum Gasteiger partial charge on any atom is 0.145 e. The predicted octanol–water partition coefficient (Wildman–Crippen LogP) is 13.4. The first-order valence-electron chi connectivity index (χ1n) is 17.9. The van der Waals surface area contributed by atoms with E-state index in [0.717, 1.165) is 33.3 Å². The van der Waals surface area contributed by atoms with E-state index < -0.39 is 0 Å². The van der Waals surface area contributed by atoms with E-state index in [1.54, 1.807) is 0 Å². The van der Waals surface area contributed by atoms with Crippen LogP contribution in [0.15, 0.2) is 168 Å². The molecule has 13 aromatic rings. The van der Waals surface area contributed by atoms with Gasteiger partial charge < -0.3 is 18.1 Å². The minimum atomic E-state index is 0.921. The second-order valence-electron chi connectivity index (χ2n) is 14.0. The second kappa shape index (κ2) is 9.39. The zero-order chi connectivity index (χ0) is 33.7. The monoisotopic (exact) mass is 661 g/mol. The molecule has 5 aromatic heterocycles. The Morgan fingerprint density at radius 1 is 0.365 bits per heavy atom. The summed E-state index contributed by atoms with van der Waals surface area (Å²) in [6, 6.07) is 59.4. The van der Waals surface area contributed by atoms with Crippen molar-refractivity contribution in [1.82, 2.24) is 8.80 Å². The van der Waals surface area contributed by atoms with Gasteiger partial charge in [-0.3, -0.25) is 0 Å². The zero-order valence-corrected chi connectivity index (χ0v) is 27.8. The van der Waals surface area contributed by atoms with Gasteiger partial charge in [-0.25, -0.2) is 0 Å². The number of rotatable bonds is 3. The van der Waals surface area contributed by atoms with Gasteiger partial charge >= 0.3 is 0 Å². The summed E-state index contributed by atoms with van der Waals surface area (Å²) in [4.78, 5) is 2.41. The quantitative estimate of drug-likeness (QED) is 0.188. The molecule has 0 radical (unpaired) electrons. The van der Waals surface area contributed by atoms with E-state index in [2.05, 4.69) is 177 Å². The molecule has 240 valence electrons. The van der Waals surface area contributed by atoms with Gasteiger partial charge in [0.05, 0.1) is 44.2 Å². The lowest BCUT2D eigenvalue weighted by Crippen LogP contribution is -2.10. The first-order chi connectivity index (χ1) is 25.8. The molecule has 0 aliphatic carbocycles. The number of anilines is 3. The third-order valence-electron chi connectivity index (χ3n) is 11.5. The minimum Gasteiger partial charge on any atom is -0.455 e. The van der Waals surface area contributed by atoms with Crippen LogP contribution in [0.25, 0.3) is 98.1 Å². The topological polar surface area (TPSA) is 25.2 Å². The van der Waals surface area contributed by atoms with E-state index in [9.17, 15) is 0 Å². The van der Waals surface area contributed by atoms with Crippen molar-refractivity contribution in [2.45, 2.75) is 0 Å². The highest BCUT2D eigenvalue weighted by atomic mass is 16.3. The summed E-state index contributed by atoms with van der Waals surface area (Å²) >= 11 is 0. The third kappa shape index (κ3) is 3.11. The summed E-state index contributed by atoms with van der Waals surface area (Å²) in [6.45, 7) is 0. The SMILES string of the molecule is c1ccc(N(c2ccccc2)c2ccc3c4c5c6ccccc6n6c7ccc8c9ccccc9oc8c7c(cc4n4c7ccccc7c2c34)c56)cc1. The average Bonchev–Trinajstić information content (AvgIpc) is 3.99. The van der Waals surface area contributed by atoms with Gasteiger partial charge in [0.2, 0.25) is 0 Å². The van der Waals surface area contributed by atoms with Gasteiger partial charge in [0, 0.05) is 59.9 Å². The summed E-state index contributed by atoms with van der Waals surface area (Å²) in [5, 5.41) is 12.3. The third-order valence-corrected chi connectivity index (χ3v) is 11.5. The highest BCUT2D eigenvalue weighted by Crippen LogP contribution is 2.52. The highest BCUT2D eigenvalue weighted by Gasteiger charge is 2.29. The normalized spacial score (nSPS) is 12.6. The molecule has 0 N–H and O–H groups in total. The molecule has 0 aliphatic heterocycles. The number of furan rings is 1. The average molecular weight is 662 g/mol. The maximum absolute atomic E-state index is 6.73. The number of hydrogen-bond donors (Lipinski definition) is 0. The molecule has 5 heterocycles. The molecule has 52 heavy (non-hydrogen) atoms. The lowest BCUT2D eigenvalue weighted by Gasteiger charge is -2.26. The first kappa shape index (κ1) is 26.8. The summed E-state index contributed by atoms with van der Waals surface area (Å²) in [5.74, 6) is 0. The van der Waals surface area contributed by atoms with Crippen molar-refractivity contribution < 1.29 is 4.42 Å². The van der Waals surface area contributed by atoms with Crippen molar-refractivity contribution in [2.75, 3.05) is 4.90 Å². The van der Waals surface area contributed by atoms with Gasteiger partial charge in [-0.1, -0.05) is 97.1 Å². The van der Waals surface area contributed by atoms with E-state index in [1.807, 2.05) is 0 Å². The number of benzene rings is 8. The fourth-order valence-corrected chi connectivity index (χ4v) is 9.57. The maximum atomic E-state index is 6.73. The molecule has 0 atom stereocenters. The Morgan fingerprint density at radius 2 is 0.942 bits per heavy atom. The second-order valence-corrected chi connectivity index (χ2v) is 14.0. The van der Waals surface area contributed by atoms with Crippen molar-refractivity contribution >= 4 is 115 Å². The Labute approximate surface area is 296 Å². The fourth-order valence-electron chi connectivity index (χ4n) is 9.57. The molecule has 0 aliphatic rings. The van der Waals surface area contributed by atoms with Crippen molar-refractivity contribution in [1.29, 1.82) is 0 Å². The van der Waals surface area contributed by atoms with Crippen LogP contribution in [0.4, 0.5) is 17.1 Å². The van der Waals surface area contributed by atoms with E-state index in [0.29, 0.717) is 0 Å². The van der Waals surface area contributed by atoms with Gasteiger partial charge in [0.1, 0.15) is 11.2 Å². The van der Waals surface area contributed by atoms with E-state index in [-0.39, 0.29) is 0 Å². The molecule has 0 amide bonds. The molecular formula is C48H27N3O. The minimum absolute atomic E-state index is 0.921. The van der Waals surface area contributed by atoms with Crippen molar-refractivity contribution in [2.24, 2.45) is 0 Å². The van der Waals surface area contributed by atoms with Crippen LogP contribution in [0.2, 0.25) is 0 Å². The van der Waals surface area contributed by atoms with Gasteiger partial charge in [-0.15, -0.1) is 0 Å². The first-order valence-corrected chi connectivity index (χ1v) is 17.9. The lowest BCUT2D eigenvalue weighted by molar-refractivity contribution is 0.673. The number of nitrogens with zero attached hydrogens (tertiary/aromatic N) is 3. The van der Waals surface area contributed by atoms with Crippen molar-refractivity contribution in [3.8, 4) is 0 Å². The van der Waals surface area contributed by atoms with E-state index in [1.165, 1.54) is 81.9 Å². The predicted molar refractivity (Wildman–Crippen MR) is 218 cm³/mol. The lowest BCUT2D eigenvalue weighted by atomic mass is 9.99. The van der Waals surface area contributed by atoms with E-state index in [4.69, 9.17) is 4.42 Å². The van der Waals surface area contributed by atoms with Crippen molar-refractivity contribution in [3.05, 3.63) is 164 Å². The standard InChI is InChI=1S/C48H27N3O/c1-3-13-28(14-4-1)49(29-15-5-2-6-16-29)38-26-24-34-42-40(51-36-20-10-7-18-32(36)43(38)46(34)51)27-35-44-39(50-37-21-11-8-19-33(37)45(42)47(35)50)25-23-31-30-17-9-12-22-41(30)52-48(31)44/h1-27H. The molecule has 13 rings (SSSR count). The van der Waals surface area contributed by atoms with Crippen LogP contribution in [0.5, 0.6) is 0 Å². The Hall–Kier alpha value is -7.04. The molecule has 4 nitrogen and oxygen atoms in total. The Bertz CT molecular complexity index is 3530. The van der Waals surface area contributed by atoms with Crippen LogP contribution in [0.3, 0.4) is 0 Å². The zero-order valence-electron chi connectivity index (χ0n) is 27.8. The summed E-state index contributed by atoms with van der Waals surface area (Å²) in [7, 11) is 0. The molecule has 0 bridgehead atoms. The number of fused-ring (bicyclic) bond motifs is 17. The van der Waals surface area contributed by atoms with Crippen LogP contribution >= 0.6 is 0 Å². The van der Waals surface area contributed by atoms with Crippen LogP contribution in [-0.2, 0) is 0 Å². The van der Waals surface area contributed by atoms with Crippen LogP contribution < -0.4 is 4.90 Å². The Balaban J connectivity index is 1.27. The van der Waals surface area contributed by atoms with Gasteiger partial charge in [0.25, 0.3) is 0 Å². The molecule has 0 saturated carbocycles. The summed E-state index contributed by atoms with van der Waals surface area (Å²) < 4.78 is 11.7. The van der Waals surface area contributed by atoms with Crippen LogP contribution in [0, 0.1) is 0 Å². The number of aromatic nitrogens is 2. The smallest absolute Gasteiger partial charge is 0.145 e. The van der Waals surface area contributed by atoms with Crippen LogP contribution in [-0.4, -0.2) is 8.80 Å². The van der Waals surface area contributed by atoms with Crippen molar-refractivity contribution in [3.63, 3.8) is 0 Å². The van der Waals surface area contributed by atoms with Gasteiger partial charge in [0.15, 0.2) is 0 Å². The highest BCUT2D eigenvalue weighted by molar-refractivity contribution is 6.40. The molecular weight excluding hydrogens is 635 g/mol. The largest absolute Gasteiger partial charge is 0.455 e. The van der Waals surface area contributed by atoms with E-state index >= 15 is 0 Å². The Morgan fingerprint density at radius 3 is 1.67 bits per heavy atom. The number of hydrogen-bond acceptors (Lipinski definition) is 2. The van der Waals surface area contributed by atoms with Gasteiger partial charge in [-0.05, 0) is 66.7 Å². The molecule has 4 heteroatoms. The van der Waals surface area contributed by atoms with Gasteiger partial charge in [-0.2, -0.15) is 0 Å². The molecule has 8 aromatic carbocycles. The molecule has 0 saturated heterocycles. The Kier molecular flexibility index (Phi) is 4.83. The molecule has 0 fully saturated rings.